The average molecular weight is 687 g/mol. The lowest BCUT2D eigenvalue weighted by atomic mass is 9.83. The Morgan fingerprint density at radius 1 is 0.352 bits per heavy atom. The van der Waals surface area contributed by atoms with Crippen molar-refractivity contribution in [1.29, 1.82) is 10.5 Å². The van der Waals surface area contributed by atoms with Crippen LogP contribution < -0.4 is 0 Å². The maximum absolute atomic E-state index is 11.1. The molecule has 10 rings (SSSR count). The highest BCUT2D eigenvalue weighted by molar-refractivity contribution is 6.22. The van der Waals surface area contributed by atoms with E-state index >= 15 is 0 Å². The molecule has 0 aliphatic heterocycles. The van der Waals surface area contributed by atoms with Gasteiger partial charge in [-0.1, -0.05) is 127 Å². The van der Waals surface area contributed by atoms with E-state index in [0.717, 1.165) is 77.4 Å². The van der Waals surface area contributed by atoms with Crippen LogP contribution in [0.25, 0.3) is 88.4 Å². The second-order valence-electron chi connectivity index (χ2n) is 13.5. The first kappa shape index (κ1) is 31.1. The van der Waals surface area contributed by atoms with Crippen LogP contribution in [-0.2, 0) is 0 Å². The third kappa shape index (κ3) is 4.68. The molecule has 0 amide bonds. The van der Waals surface area contributed by atoms with E-state index in [1.165, 1.54) is 5.39 Å². The molecule has 10 aromatic rings. The number of benzene rings is 8. The molecule has 0 aliphatic carbocycles. The first-order valence-corrected chi connectivity index (χ1v) is 18.0. The summed E-state index contributed by atoms with van der Waals surface area (Å²) in [6.45, 7) is 0. The van der Waals surface area contributed by atoms with Crippen LogP contribution in [0.4, 0.5) is 0 Å². The van der Waals surface area contributed by atoms with E-state index in [0.29, 0.717) is 16.7 Å². The first-order chi connectivity index (χ1) is 26.7. The zero-order chi connectivity index (χ0) is 36.2. The maximum atomic E-state index is 11.1. The Morgan fingerprint density at radius 2 is 0.852 bits per heavy atom. The fourth-order valence-corrected chi connectivity index (χ4v) is 8.33. The second kappa shape index (κ2) is 12.5. The topological polar surface area (TPSA) is 57.4 Å². The molecule has 0 spiro atoms. The predicted molar refractivity (Wildman–Crippen MR) is 221 cm³/mol. The molecule has 0 bridgehead atoms. The van der Waals surface area contributed by atoms with Crippen molar-refractivity contribution in [3.63, 3.8) is 0 Å². The van der Waals surface area contributed by atoms with Crippen LogP contribution in [0, 0.1) is 22.7 Å². The van der Waals surface area contributed by atoms with E-state index in [-0.39, 0.29) is 0 Å². The van der Waals surface area contributed by atoms with Crippen LogP contribution in [-0.4, -0.2) is 9.13 Å². The van der Waals surface area contributed by atoms with Crippen LogP contribution in [0.15, 0.2) is 182 Å². The first-order valence-electron chi connectivity index (χ1n) is 18.0. The molecule has 0 fully saturated rings. The van der Waals surface area contributed by atoms with Gasteiger partial charge < -0.3 is 9.13 Å². The molecule has 8 aromatic carbocycles. The number of nitrogens with zero attached hydrogens (tertiary/aromatic N) is 4. The Balaban J connectivity index is 1.40. The number of nitriles is 2. The van der Waals surface area contributed by atoms with Crippen molar-refractivity contribution in [2.75, 3.05) is 0 Å². The molecule has 250 valence electrons. The fraction of sp³-hybridized carbons (Fsp3) is 0. The highest BCUT2D eigenvalue weighted by atomic mass is 15.0. The Morgan fingerprint density at radius 3 is 1.50 bits per heavy atom. The molecule has 4 nitrogen and oxygen atoms in total. The van der Waals surface area contributed by atoms with Gasteiger partial charge in [0.25, 0.3) is 0 Å². The number of rotatable bonds is 5. The van der Waals surface area contributed by atoms with Gasteiger partial charge in [0.05, 0.1) is 33.2 Å². The minimum atomic E-state index is 0.477. The second-order valence-corrected chi connectivity index (χ2v) is 13.5. The Labute approximate surface area is 312 Å². The zero-order valence-corrected chi connectivity index (χ0v) is 29.1. The molecule has 0 aliphatic rings. The summed E-state index contributed by atoms with van der Waals surface area (Å²) >= 11 is 0. The summed E-state index contributed by atoms with van der Waals surface area (Å²) in [6, 6.07) is 67.6. The van der Waals surface area contributed by atoms with Gasteiger partial charge in [-0.05, 0) is 71.3 Å². The van der Waals surface area contributed by atoms with E-state index in [1.54, 1.807) is 0 Å². The number of fused-ring (bicyclic) bond motifs is 6. The van der Waals surface area contributed by atoms with E-state index < -0.39 is 0 Å². The number of aromatic nitrogens is 2. The average Bonchev–Trinajstić information content (AvgIpc) is 3.75. The third-order valence-electron chi connectivity index (χ3n) is 10.6. The number of para-hydroxylation sites is 3. The van der Waals surface area contributed by atoms with Crippen molar-refractivity contribution in [3.8, 4) is 56.9 Å². The molecule has 0 N–H and O–H groups in total. The van der Waals surface area contributed by atoms with Crippen molar-refractivity contribution in [1.82, 2.24) is 9.13 Å². The van der Waals surface area contributed by atoms with Crippen molar-refractivity contribution in [2.24, 2.45) is 0 Å². The normalized spacial score (nSPS) is 11.3. The van der Waals surface area contributed by atoms with Gasteiger partial charge in [-0.2, -0.15) is 10.5 Å². The number of hydrogen-bond donors (Lipinski definition) is 0. The molecule has 2 aromatic heterocycles. The lowest BCUT2D eigenvalue weighted by Gasteiger charge is -2.18. The summed E-state index contributed by atoms with van der Waals surface area (Å²) in [5.74, 6) is 0. The van der Waals surface area contributed by atoms with Gasteiger partial charge in [-0.15, -0.1) is 0 Å². The molecule has 0 unspecified atom stereocenters. The molecule has 4 heteroatoms. The SMILES string of the molecule is N#Cc1c(-c2ccccc2)cc(-c2cccc3c2c2cc4c(cc2n3-c2ccccc2)c2ccccc2n4-c2ccccc2)c(C#N)c1-c1ccccc1. The minimum Gasteiger partial charge on any atom is -0.309 e. The molecular weight excluding hydrogens is 657 g/mol. The highest BCUT2D eigenvalue weighted by Gasteiger charge is 2.25. The molecule has 0 saturated heterocycles. The molecule has 0 saturated carbocycles. The zero-order valence-electron chi connectivity index (χ0n) is 29.1. The van der Waals surface area contributed by atoms with Crippen LogP contribution in [0.2, 0.25) is 0 Å². The van der Waals surface area contributed by atoms with Crippen LogP contribution in [0.3, 0.4) is 0 Å². The van der Waals surface area contributed by atoms with Crippen LogP contribution >= 0.6 is 0 Å². The van der Waals surface area contributed by atoms with E-state index in [1.807, 2.05) is 72.8 Å². The van der Waals surface area contributed by atoms with Crippen LogP contribution in [0.5, 0.6) is 0 Å². The standard InChI is InChI=1S/C50H30N4/c51-31-43-39(33-16-5-1-6-17-33)28-40(44(32-52)49(43)34-18-7-2-8-19-34)38-25-15-27-46-50(38)42-30-47-41(29-48(42)54(46)36-22-11-4-12-23-36)37-24-13-14-26-45(37)53(47)35-20-9-3-10-21-35/h1-30H. The van der Waals surface area contributed by atoms with Crippen molar-refractivity contribution in [2.45, 2.75) is 0 Å². The largest absolute Gasteiger partial charge is 0.309 e. The minimum absolute atomic E-state index is 0.477. The summed E-state index contributed by atoms with van der Waals surface area (Å²) in [4.78, 5) is 0. The fourth-order valence-electron chi connectivity index (χ4n) is 8.33. The van der Waals surface area contributed by atoms with Crippen LogP contribution in [0.1, 0.15) is 11.1 Å². The Hall–Kier alpha value is -7.66. The summed E-state index contributed by atoms with van der Waals surface area (Å²) < 4.78 is 4.69. The molecule has 54 heavy (non-hydrogen) atoms. The monoisotopic (exact) mass is 686 g/mol. The van der Waals surface area contributed by atoms with Gasteiger partial charge in [0.1, 0.15) is 12.1 Å². The molecule has 0 atom stereocenters. The van der Waals surface area contributed by atoms with Gasteiger partial charge in [0, 0.05) is 49.6 Å². The van der Waals surface area contributed by atoms with Gasteiger partial charge in [-0.25, -0.2) is 0 Å². The summed E-state index contributed by atoms with van der Waals surface area (Å²) in [5, 5.41) is 26.3. The van der Waals surface area contributed by atoms with Crippen molar-refractivity contribution < 1.29 is 0 Å². The van der Waals surface area contributed by atoms with E-state index in [4.69, 9.17) is 0 Å². The molecule has 2 heterocycles. The predicted octanol–water partition coefficient (Wildman–Crippen LogP) is 12.6. The lowest BCUT2D eigenvalue weighted by Crippen LogP contribution is -1.98. The Kier molecular flexibility index (Phi) is 7.22. The van der Waals surface area contributed by atoms with Crippen molar-refractivity contribution >= 4 is 43.6 Å². The smallest absolute Gasteiger partial charge is 0.100 e. The highest BCUT2D eigenvalue weighted by Crippen LogP contribution is 2.46. The lowest BCUT2D eigenvalue weighted by molar-refractivity contribution is 1.17. The summed E-state index contributed by atoms with van der Waals surface area (Å²) in [5.41, 5.74) is 12.4. The third-order valence-corrected chi connectivity index (χ3v) is 10.6. The van der Waals surface area contributed by atoms with Crippen molar-refractivity contribution in [3.05, 3.63) is 193 Å². The summed E-state index contributed by atoms with van der Waals surface area (Å²) in [7, 11) is 0. The van der Waals surface area contributed by atoms with Gasteiger partial charge in [0.2, 0.25) is 0 Å². The number of hydrogen-bond acceptors (Lipinski definition) is 2. The maximum Gasteiger partial charge on any atom is 0.100 e. The molecular formula is C50H30N4. The van der Waals surface area contributed by atoms with Gasteiger partial charge >= 0.3 is 0 Å². The van der Waals surface area contributed by atoms with E-state index in [9.17, 15) is 10.5 Å². The quantitative estimate of drug-likeness (QED) is 0.181. The van der Waals surface area contributed by atoms with Gasteiger partial charge in [0.15, 0.2) is 0 Å². The Bertz CT molecular complexity index is 3140. The molecule has 0 radical (unpaired) electrons. The van der Waals surface area contributed by atoms with Gasteiger partial charge in [-0.3, -0.25) is 0 Å². The summed E-state index contributed by atoms with van der Waals surface area (Å²) in [6.07, 6.45) is 0. The van der Waals surface area contributed by atoms with E-state index in [2.05, 4.69) is 130 Å².